The number of aliphatic hydroxyl groups excluding tert-OH is 1. The van der Waals surface area contributed by atoms with Crippen molar-refractivity contribution in [3.05, 3.63) is 12.2 Å². The number of piperidine rings is 1. The van der Waals surface area contributed by atoms with Crippen LogP contribution in [0.15, 0.2) is 17.1 Å². The molecule has 5 nitrogen and oxygen atoms in total. The summed E-state index contributed by atoms with van der Waals surface area (Å²) in [6.07, 6.45) is 8.20. The predicted octanol–water partition coefficient (Wildman–Crippen LogP) is 1.45. The van der Waals surface area contributed by atoms with Crippen LogP contribution in [0, 0.1) is 5.41 Å². The average Bonchev–Trinajstić information content (AvgIpc) is 2.47. The number of β-amino-alcohol motifs (C(OH)–C–C–N with tert-alkyl or cyclic N) is 1. The number of rotatable bonds is 6. The third-order valence-electron chi connectivity index (χ3n) is 3.71. The first-order valence-electron chi connectivity index (χ1n) is 7.09. The largest absolute Gasteiger partial charge is 0.389 e. The summed E-state index contributed by atoms with van der Waals surface area (Å²) in [6.45, 7) is 3.14. The number of hydrogen-bond acceptors (Lipinski definition) is 5. The van der Waals surface area contributed by atoms with E-state index in [1.807, 2.05) is 0 Å². The number of likely N-dealkylation sites (tertiary alicyclic amines) is 1. The number of hydrogen-bond donors (Lipinski definition) is 2. The molecule has 0 aromatic carbocycles. The van der Waals surface area contributed by atoms with Gasteiger partial charge in [-0.05, 0) is 38.1 Å². The highest BCUT2D eigenvalue weighted by molar-refractivity contribution is 6.66. The Kier molecular flexibility index (Phi) is 5.72. The first kappa shape index (κ1) is 15.6. The molecule has 2 rings (SSSR count). The Bertz CT molecular complexity index is 394. The fourth-order valence-corrected chi connectivity index (χ4v) is 2.71. The second-order valence-electron chi connectivity index (χ2n) is 5.38. The van der Waals surface area contributed by atoms with Gasteiger partial charge in [-0.15, -0.1) is 0 Å². The Balaban J connectivity index is 1.81. The van der Waals surface area contributed by atoms with Crippen LogP contribution in [0.2, 0.25) is 0 Å². The van der Waals surface area contributed by atoms with Gasteiger partial charge >= 0.3 is 0 Å². The summed E-state index contributed by atoms with van der Waals surface area (Å²) in [5.41, 5.74) is -1.00. The molecule has 2 aliphatic rings. The molecule has 0 aliphatic carbocycles. The number of aliphatic hydroxyl groups is 1. The number of nitrogens with one attached hydrogen (secondary N) is 1. The normalized spacial score (nSPS) is 28.5. The van der Waals surface area contributed by atoms with E-state index in [2.05, 4.69) is 9.89 Å². The van der Waals surface area contributed by atoms with Gasteiger partial charge in [-0.1, -0.05) is 18.0 Å². The summed E-state index contributed by atoms with van der Waals surface area (Å²) in [7, 11) is 0. The molecule has 20 heavy (non-hydrogen) atoms. The van der Waals surface area contributed by atoms with Crippen molar-refractivity contribution in [2.75, 3.05) is 32.8 Å². The Hall–Kier alpha value is -0.750. The van der Waals surface area contributed by atoms with Crippen LogP contribution in [-0.4, -0.2) is 65.9 Å². The predicted molar refractivity (Wildman–Crippen MR) is 81.1 cm³/mol. The Labute approximate surface area is 124 Å². The lowest BCUT2D eigenvalue weighted by molar-refractivity contribution is -0.0254. The lowest BCUT2D eigenvalue weighted by Gasteiger charge is -2.32. The molecule has 0 spiro atoms. The molecule has 2 unspecified atom stereocenters. The van der Waals surface area contributed by atoms with Crippen LogP contribution in [0.5, 0.6) is 0 Å². The molecule has 0 amide bonds. The highest BCUT2D eigenvalue weighted by Crippen LogP contribution is 2.21. The highest BCUT2D eigenvalue weighted by atomic mass is 35.5. The summed E-state index contributed by atoms with van der Waals surface area (Å²) in [6, 6.07) is 0. The zero-order valence-electron chi connectivity index (χ0n) is 11.6. The highest BCUT2D eigenvalue weighted by Gasteiger charge is 2.34. The SMILES string of the molecule is N=C(Cl)C1(OCC(O)CN2CCCCC2)C=CC=NC1. The van der Waals surface area contributed by atoms with Gasteiger partial charge in [0.05, 0.1) is 19.3 Å². The summed E-state index contributed by atoms with van der Waals surface area (Å²) in [5, 5.41) is 17.6. The van der Waals surface area contributed by atoms with Gasteiger partial charge in [-0.2, -0.15) is 0 Å². The summed E-state index contributed by atoms with van der Waals surface area (Å²) in [5.74, 6) is 0. The molecule has 0 aromatic rings. The Morgan fingerprint density at radius 3 is 2.80 bits per heavy atom. The number of halogens is 1. The van der Waals surface area contributed by atoms with Gasteiger partial charge in [0, 0.05) is 12.8 Å². The van der Waals surface area contributed by atoms with Crippen LogP contribution in [0.25, 0.3) is 0 Å². The monoisotopic (exact) mass is 299 g/mol. The molecular weight excluding hydrogens is 278 g/mol. The molecule has 1 saturated heterocycles. The fraction of sp³-hybridized carbons (Fsp3) is 0.714. The molecule has 2 aliphatic heterocycles. The van der Waals surface area contributed by atoms with E-state index in [1.54, 1.807) is 18.4 Å². The van der Waals surface area contributed by atoms with Crippen molar-refractivity contribution in [3.8, 4) is 0 Å². The minimum atomic E-state index is -1.00. The fourth-order valence-electron chi connectivity index (χ4n) is 2.54. The number of ether oxygens (including phenoxy) is 1. The van der Waals surface area contributed by atoms with Gasteiger partial charge in [-0.3, -0.25) is 10.4 Å². The zero-order chi connectivity index (χ0) is 14.4. The summed E-state index contributed by atoms with van der Waals surface area (Å²) in [4.78, 5) is 6.35. The molecule has 0 aromatic heterocycles. The van der Waals surface area contributed by atoms with Gasteiger partial charge in [-0.25, -0.2) is 0 Å². The average molecular weight is 300 g/mol. The van der Waals surface area contributed by atoms with Crippen molar-refractivity contribution in [3.63, 3.8) is 0 Å². The Morgan fingerprint density at radius 2 is 2.20 bits per heavy atom. The topological polar surface area (TPSA) is 68.9 Å². The number of allylic oxidation sites excluding steroid dienone is 1. The Morgan fingerprint density at radius 1 is 1.45 bits per heavy atom. The van der Waals surface area contributed by atoms with E-state index in [-0.39, 0.29) is 11.8 Å². The minimum absolute atomic E-state index is 0.101. The second-order valence-corrected chi connectivity index (χ2v) is 5.76. The minimum Gasteiger partial charge on any atom is -0.389 e. The van der Waals surface area contributed by atoms with Crippen molar-refractivity contribution in [1.82, 2.24) is 4.90 Å². The molecule has 1 fully saturated rings. The maximum Gasteiger partial charge on any atom is 0.158 e. The molecule has 6 heteroatoms. The molecule has 0 saturated carbocycles. The zero-order valence-corrected chi connectivity index (χ0v) is 12.4. The van der Waals surface area contributed by atoms with Crippen LogP contribution in [0.4, 0.5) is 0 Å². The lowest BCUT2D eigenvalue weighted by Crippen LogP contribution is -2.45. The van der Waals surface area contributed by atoms with Crippen molar-refractivity contribution in [1.29, 1.82) is 5.41 Å². The molecule has 2 N–H and O–H groups in total. The van der Waals surface area contributed by atoms with E-state index >= 15 is 0 Å². The number of dihydropyridines is 1. The van der Waals surface area contributed by atoms with E-state index < -0.39 is 11.7 Å². The van der Waals surface area contributed by atoms with Crippen LogP contribution in [0.3, 0.4) is 0 Å². The van der Waals surface area contributed by atoms with Crippen LogP contribution >= 0.6 is 11.6 Å². The third kappa shape index (κ3) is 4.12. The maximum absolute atomic E-state index is 10.1. The van der Waals surface area contributed by atoms with Gasteiger partial charge in [0.1, 0.15) is 5.17 Å². The van der Waals surface area contributed by atoms with Gasteiger partial charge in [0.2, 0.25) is 0 Å². The van der Waals surface area contributed by atoms with Crippen LogP contribution in [-0.2, 0) is 4.74 Å². The van der Waals surface area contributed by atoms with E-state index in [9.17, 15) is 5.11 Å². The van der Waals surface area contributed by atoms with Gasteiger partial charge in [0.25, 0.3) is 0 Å². The molecule has 2 heterocycles. The third-order valence-corrected chi connectivity index (χ3v) is 4.03. The standard InChI is InChI=1S/C14H22ClN3O2/c15-13(16)14(5-4-6-17-11-14)20-10-12(19)9-18-7-2-1-3-8-18/h4-6,12,16,19H,1-3,7-11H2. The lowest BCUT2D eigenvalue weighted by atomic mass is 10.0. The van der Waals surface area contributed by atoms with Crippen molar-refractivity contribution >= 4 is 23.0 Å². The first-order valence-corrected chi connectivity index (χ1v) is 7.47. The first-order chi connectivity index (χ1) is 9.62. The van der Waals surface area contributed by atoms with E-state index in [4.69, 9.17) is 21.7 Å². The molecular formula is C14H22ClN3O2. The molecule has 2 atom stereocenters. The van der Waals surface area contributed by atoms with E-state index in [1.165, 1.54) is 19.3 Å². The van der Waals surface area contributed by atoms with Gasteiger partial charge < -0.3 is 14.7 Å². The summed E-state index contributed by atoms with van der Waals surface area (Å²) >= 11 is 5.83. The second kappa shape index (κ2) is 7.31. The van der Waals surface area contributed by atoms with E-state index in [0.717, 1.165) is 13.1 Å². The van der Waals surface area contributed by atoms with Crippen LogP contribution in [0.1, 0.15) is 19.3 Å². The maximum atomic E-state index is 10.1. The number of nitrogens with zero attached hydrogens (tertiary/aromatic N) is 2. The smallest absolute Gasteiger partial charge is 0.158 e. The molecule has 112 valence electrons. The van der Waals surface area contributed by atoms with Crippen molar-refractivity contribution in [2.45, 2.75) is 31.0 Å². The molecule has 0 radical (unpaired) electrons. The van der Waals surface area contributed by atoms with Crippen molar-refractivity contribution in [2.24, 2.45) is 4.99 Å². The van der Waals surface area contributed by atoms with Crippen molar-refractivity contribution < 1.29 is 9.84 Å². The summed E-state index contributed by atoms with van der Waals surface area (Å²) < 4.78 is 5.70. The van der Waals surface area contributed by atoms with Gasteiger partial charge in [0.15, 0.2) is 5.60 Å². The molecule has 0 bridgehead atoms. The quantitative estimate of drug-likeness (QED) is 0.729. The van der Waals surface area contributed by atoms with E-state index in [0.29, 0.717) is 13.1 Å². The number of aliphatic imine (C=N–C) groups is 1. The van der Waals surface area contributed by atoms with Crippen LogP contribution < -0.4 is 0 Å².